The van der Waals surface area contributed by atoms with Crippen molar-refractivity contribution in [3.63, 3.8) is 0 Å². The summed E-state index contributed by atoms with van der Waals surface area (Å²) in [6, 6.07) is 9.59. The number of aromatic amines is 2. The lowest BCUT2D eigenvalue weighted by atomic mass is 10.1. The number of aromatic nitrogens is 3. The average Bonchev–Trinajstić information content (AvgIpc) is 3.32. The standard InChI is InChI=1S/C17H18N4O2/c22-17(18-10-13-2-1-7-23-13)12-4-3-11-8-16(20-15(11)9-12)14-5-6-19-21-14/h3-6,8-9,13,20H,1-2,7,10H2,(H,18,22)(H,19,21). The molecule has 4 rings (SSSR count). The van der Waals surface area contributed by atoms with Crippen molar-refractivity contribution >= 4 is 16.8 Å². The molecule has 1 aromatic carbocycles. The van der Waals surface area contributed by atoms with Crippen LogP contribution in [0.15, 0.2) is 36.5 Å². The Morgan fingerprint density at radius 3 is 3.09 bits per heavy atom. The van der Waals surface area contributed by atoms with Gasteiger partial charge in [-0.2, -0.15) is 5.10 Å². The van der Waals surface area contributed by atoms with Gasteiger partial charge in [-0.1, -0.05) is 6.07 Å². The number of fused-ring (bicyclic) bond motifs is 1. The van der Waals surface area contributed by atoms with Gasteiger partial charge in [0.2, 0.25) is 0 Å². The van der Waals surface area contributed by atoms with E-state index in [-0.39, 0.29) is 12.0 Å². The van der Waals surface area contributed by atoms with Gasteiger partial charge in [-0.3, -0.25) is 9.89 Å². The van der Waals surface area contributed by atoms with E-state index in [1.807, 2.05) is 30.3 Å². The molecule has 0 bridgehead atoms. The quantitative estimate of drug-likeness (QED) is 0.692. The monoisotopic (exact) mass is 310 g/mol. The zero-order valence-electron chi connectivity index (χ0n) is 12.6. The number of hydrogen-bond acceptors (Lipinski definition) is 3. The number of amides is 1. The highest BCUT2D eigenvalue weighted by molar-refractivity contribution is 5.98. The molecule has 118 valence electrons. The fourth-order valence-electron chi connectivity index (χ4n) is 2.93. The van der Waals surface area contributed by atoms with E-state index in [1.165, 1.54) is 0 Å². The molecule has 0 radical (unpaired) electrons. The van der Waals surface area contributed by atoms with Crippen LogP contribution in [0.3, 0.4) is 0 Å². The molecule has 1 fully saturated rings. The van der Waals surface area contributed by atoms with Crippen molar-refractivity contribution in [2.45, 2.75) is 18.9 Å². The lowest BCUT2D eigenvalue weighted by Gasteiger charge is -2.10. The second-order valence-corrected chi connectivity index (χ2v) is 5.79. The van der Waals surface area contributed by atoms with Crippen LogP contribution in [0.25, 0.3) is 22.3 Å². The van der Waals surface area contributed by atoms with Crippen LogP contribution in [0.5, 0.6) is 0 Å². The Kier molecular flexibility index (Phi) is 3.59. The number of benzene rings is 1. The highest BCUT2D eigenvalue weighted by Gasteiger charge is 2.17. The Balaban J connectivity index is 1.52. The molecule has 0 spiro atoms. The van der Waals surface area contributed by atoms with E-state index >= 15 is 0 Å². The molecule has 1 unspecified atom stereocenters. The van der Waals surface area contributed by atoms with Crippen LogP contribution < -0.4 is 5.32 Å². The summed E-state index contributed by atoms with van der Waals surface area (Å²) in [5.41, 5.74) is 3.35. The zero-order valence-corrected chi connectivity index (χ0v) is 12.6. The highest BCUT2D eigenvalue weighted by atomic mass is 16.5. The predicted octanol–water partition coefficient (Wildman–Crippen LogP) is 2.47. The maximum atomic E-state index is 12.3. The molecule has 1 atom stereocenters. The van der Waals surface area contributed by atoms with Gasteiger partial charge in [0.1, 0.15) is 5.69 Å². The van der Waals surface area contributed by atoms with Crippen molar-refractivity contribution < 1.29 is 9.53 Å². The van der Waals surface area contributed by atoms with Crippen LogP contribution in [-0.4, -0.2) is 40.3 Å². The number of carbonyl (C=O) groups excluding carboxylic acids is 1. The third-order valence-electron chi connectivity index (χ3n) is 4.18. The molecule has 1 aliphatic rings. The van der Waals surface area contributed by atoms with Crippen LogP contribution in [0.2, 0.25) is 0 Å². The lowest BCUT2D eigenvalue weighted by Crippen LogP contribution is -2.31. The number of carbonyl (C=O) groups is 1. The van der Waals surface area contributed by atoms with Crippen molar-refractivity contribution in [1.29, 1.82) is 0 Å². The van der Waals surface area contributed by atoms with Crippen molar-refractivity contribution in [2.24, 2.45) is 0 Å². The molecule has 3 aromatic rings. The van der Waals surface area contributed by atoms with E-state index in [9.17, 15) is 4.79 Å². The van der Waals surface area contributed by atoms with E-state index in [0.717, 1.165) is 41.7 Å². The minimum absolute atomic E-state index is 0.0710. The van der Waals surface area contributed by atoms with Gasteiger partial charge < -0.3 is 15.0 Å². The molecule has 1 aliphatic heterocycles. The number of nitrogens with one attached hydrogen (secondary N) is 3. The predicted molar refractivity (Wildman–Crippen MR) is 87.2 cm³/mol. The summed E-state index contributed by atoms with van der Waals surface area (Å²) in [6.45, 7) is 1.37. The van der Waals surface area contributed by atoms with Crippen LogP contribution >= 0.6 is 0 Å². The molecule has 3 N–H and O–H groups in total. The first-order valence-electron chi connectivity index (χ1n) is 7.82. The largest absolute Gasteiger partial charge is 0.376 e. The van der Waals surface area contributed by atoms with Crippen molar-refractivity contribution in [1.82, 2.24) is 20.5 Å². The Bertz CT molecular complexity index is 816. The van der Waals surface area contributed by atoms with Crippen LogP contribution in [0.1, 0.15) is 23.2 Å². The third-order valence-corrected chi connectivity index (χ3v) is 4.18. The Morgan fingerprint density at radius 1 is 1.35 bits per heavy atom. The SMILES string of the molecule is O=C(NCC1CCCO1)c1ccc2cc(-c3cc[nH]n3)[nH]c2c1. The maximum Gasteiger partial charge on any atom is 0.251 e. The molecule has 23 heavy (non-hydrogen) atoms. The molecule has 6 heteroatoms. The number of ether oxygens (including phenoxy) is 1. The molecule has 2 aromatic heterocycles. The number of nitrogens with zero attached hydrogens (tertiary/aromatic N) is 1. The molecule has 1 amide bonds. The maximum absolute atomic E-state index is 12.3. The van der Waals surface area contributed by atoms with Crippen molar-refractivity contribution in [2.75, 3.05) is 13.2 Å². The van der Waals surface area contributed by atoms with Crippen LogP contribution in [-0.2, 0) is 4.74 Å². The van der Waals surface area contributed by atoms with Crippen LogP contribution in [0.4, 0.5) is 0 Å². The van der Waals surface area contributed by atoms with E-state index in [1.54, 1.807) is 6.20 Å². The minimum atomic E-state index is -0.0710. The lowest BCUT2D eigenvalue weighted by molar-refractivity contribution is 0.0858. The van der Waals surface area contributed by atoms with Gasteiger partial charge in [0.15, 0.2) is 0 Å². The average molecular weight is 310 g/mol. The Morgan fingerprint density at radius 2 is 2.30 bits per heavy atom. The zero-order chi connectivity index (χ0) is 15.6. The van der Waals surface area contributed by atoms with Gasteiger partial charge in [0.25, 0.3) is 5.91 Å². The smallest absolute Gasteiger partial charge is 0.251 e. The fourth-order valence-corrected chi connectivity index (χ4v) is 2.93. The van der Waals surface area contributed by atoms with Gasteiger partial charge in [-0.05, 0) is 37.1 Å². The van der Waals surface area contributed by atoms with E-state index in [2.05, 4.69) is 20.5 Å². The summed E-state index contributed by atoms with van der Waals surface area (Å²) < 4.78 is 5.52. The van der Waals surface area contributed by atoms with Gasteiger partial charge in [-0.25, -0.2) is 0 Å². The topological polar surface area (TPSA) is 82.8 Å². The summed E-state index contributed by atoms with van der Waals surface area (Å²) in [5, 5.41) is 11.0. The summed E-state index contributed by atoms with van der Waals surface area (Å²) in [7, 11) is 0. The first kappa shape index (κ1) is 14.0. The van der Waals surface area contributed by atoms with Crippen LogP contribution in [0, 0.1) is 0 Å². The third kappa shape index (κ3) is 2.85. The van der Waals surface area contributed by atoms with Crippen molar-refractivity contribution in [3.8, 4) is 11.4 Å². The Labute approximate surface area is 133 Å². The first-order valence-corrected chi connectivity index (χ1v) is 7.82. The summed E-state index contributed by atoms with van der Waals surface area (Å²) in [5.74, 6) is -0.0710. The van der Waals surface area contributed by atoms with E-state index < -0.39 is 0 Å². The summed E-state index contributed by atoms with van der Waals surface area (Å²) in [4.78, 5) is 15.6. The summed E-state index contributed by atoms with van der Waals surface area (Å²) >= 11 is 0. The molecular weight excluding hydrogens is 292 g/mol. The number of H-pyrrole nitrogens is 2. The number of rotatable bonds is 4. The molecule has 1 saturated heterocycles. The number of hydrogen-bond donors (Lipinski definition) is 3. The normalized spacial score (nSPS) is 17.7. The summed E-state index contributed by atoms with van der Waals surface area (Å²) in [6.07, 6.45) is 4.03. The minimum Gasteiger partial charge on any atom is -0.376 e. The second-order valence-electron chi connectivity index (χ2n) is 5.79. The first-order chi connectivity index (χ1) is 11.3. The molecule has 3 heterocycles. The molecule has 6 nitrogen and oxygen atoms in total. The van der Waals surface area contributed by atoms with E-state index in [4.69, 9.17) is 4.74 Å². The van der Waals surface area contributed by atoms with Gasteiger partial charge in [-0.15, -0.1) is 0 Å². The highest BCUT2D eigenvalue weighted by Crippen LogP contribution is 2.23. The molecule has 0 aliphatic carbocycles. The fraction of sp³-hybridized carbons (Fsp3) is 0.294. The molecule has 0 saturated carbocycles. The van der Waals surface area contributed by atoms with Gasteiger partial charge in [0.05, 0.1) is 11.8 Å². The van der Waals surface area contributed by atoms with E-state index in [0.29, 0.717) is 12.1 Å². The molecular formula is C17H18N4O2. The van der Waals surface area contributed by atoms with Gasteiger partial charge in [0, 0.05) is 35.8 Å². The Hall–Kier alpha value is -2.60. The van der Waals surface area contributed by atoms with Crippen molar-refractivity contribution in [3.05, 3.63) is 42.1 Å². The second kappa shape index (κ2) is 5.89. The van der Waals surface area contributed by atoms with Gasteiger partial charge >= 0.3 is 0 Å².